The Bertz CT molecular complexity index is 529. The fourth-order valence-electron chi connectivity index (χ4n) is 2.16. The second-order valence-corrected chi connectivity index (χ2v) is 4.58. The number of nitrogens with one attached hydrogen (secondary N) is 2. The van der Waals surface area contributed by atoms with Crippen LogP contribution in [0.5, 0.6) is 11.5 Å². The van der Waals surface area contributed by atoms with E-state index in [0.717, 1.165) is 11.3 Å². The summed E-state index contributed by atoms with van der Waals surface area (Å²) in [5.41, 5.74) is 0.932. The number of carbonyl (C=O) groups is 2. The predicted octanol–water partition coefficient (Wildman–Crippen LogP) is -0.0375. The number of benzene rings is 1. The first kappa shape index (κ1) is 12.0. The molecule has 6 heteroatoms. The van der Waals surface area contributed by atoms with Crippen molar-refractivity contribution < 1.29 is 19.1 Å². The number of Topliss-reactive ketones (excluding diaryl/α,β-unsaturated/α-hetero) is 1. The number of hydrogen-bond acceptors (Lipinski definition) is 5. The average molecular weight is 262 g/mol. The van der Waals surface area contributed by atoms with Gasteiger partial charge in [0, 0.05) is 13.0 Å². The van der Waals surface area contributed by atoms with Gasteiger partial charge >= 0.3 is 0 Å². The molecular formula is C13H14N2O4. The van der Waals surface area contributed by atoms with Crippen molar-refractivity contribution in [1.29, 1.82) is 0 Å². The van der Waals surface area contributed by atoms with Crippen LogP contribution in [0.3, 0.4) is 0 Å². The van der Waals surface area contributed by atoms with Crippen LogP contribution < -0.4 is 20.1 Å². The SMILES string of the molecule is O=C1CNC(C(=O)NCc2ccc3c(c2)OCO3)C1. The van der Waals surface area contributed by atoms with E-state index in [9.17, 15) is 9.59 Å². The van der Waals surface area contributed by atoms with Crippen LogP contribution in [0.2, 0.25) is 0 Å². The molecule has 0 aliphatic carbocycles. The summed E-state index contributed by atoms with van der Waals surface area (Å²) in [6.45, 7) is 0.920. The lowest BCUT2D eigenvalue weighted by Gasteiger charge is -2.10. The lowest BCUT2D eigenvalue weighted by molar-refractivity contribution is -0.124. The van der Waals surface area contributed by atoms with Crippen molar-refractivity contribution in [2.45, 2.75) is 19.0 Å². The topological polar surface area (TPSA) is 76.7 Å². The van der Waals surface area contributed by atoms with Gasteiger partial charge < -0.3 is 14.8 Å². The van der Waals surface area contributed by atoms with Crippen molar-refractivity contribution in [2.24, 2.45) is 0 Å². The number of ether oxygens (including phenoxy) is 2. The molecule has 1 saturated heterocycles. The summed E-state index contributed by atoms with van der Waals surface area (Å²) >= 11 is 0. The van der Waals surface area contributed by atoms with E-state index in [-0.39, 0.29) is 31.4 Å². The monoisotopic (exact) mass is 262 g/mol. The highest BCUT2D eigenvalue weighted by atomic mass is 16.7. The van der Waals surface area contributed by atoms with Gasteiger partial charge in [0.05, 0.1) is 12.6 Å². The van der Waals surface area contributed by atoms with Gasteiger partial charge in [-0.3, -0.25) is 14.9 Å². The molecule has 19 heavy (non-hydrogen) atoms. The summed E-state index contributed by atoms with van der Waals surface area (Å²) in [6.07, 6.45) is 0.271. The third-order valence-corrected chi connectivity index (χ3v) is 3.20. The standard InChI is InChI=1S/C13H14N2O4/c16-9-4-10(14-6-9)13(17)15-5-8-1-2-11-12(3-8)19-7-18-11/h1-3,10,14H,4-7H2,(H,15,17). The van der Waals surface area contributed by atoms with E-state index >= 15 is 0 Å². The molecule has 2 aliphatic heterocycles. The Labute approximate surface area is 110 Å². The van der Waals surface area contributed by atoms with Gasteiger partial charge in [-0.15, -0.1) is 0 Å². The Morgan fingerprint density at radius 3 is 3.00 bits per heavy atom. The molecule has 0 radical (unpaired) electrons. The molecule has 100 valence electrons. The van der Waals surface area contributed by atoms with Crippen molar-refractivity contribution in [1.82, 2.24) is 10.6 Å². The van der Waals surface area contributed by atoms with Gasteiger partial charge in [-0.1, -0.05) is 6.07 Å². The maximum atomic E-state index is 11.8. The van der Waals surface area contributed by atoms with Gasteiger partial charge in [-0.2, -0.15) is 0 Å². The van der Waals surface area contributed by atoms with Crippen LogP contribution in [0, 0.1) is 0 Å². The summed E-state index contributed by atoms with van der Waals surface area (Å²) < 4.78 is 10.5. The first-order valence-electron chi connectivity index (χ1n) is 6.14. The smallest absolute Gasteiger partial charge is 0.237 e. The minimum absolute atomic E-state index is 0.0724. The Morgan fingerprint density at radius 1 is 1.37 bits per heavy atom. The Kier molecular flexibility index (Phi) is 3.08. The second-order valence-electron chi connectivity index (χ2n) is 4.58. The van der Waals surface area contributed by atoms with Crippen LogP contribution in [-0.2, 0) is 16.1 Å². The highest BCUT2D eigenvalue weighted by molar-refractivity contribution is 5.93. The molecule has 2 aliphatic rings. The normalized spacial score (nSPS) is 20.6. The minimum atomic E-state index is -0.401. The Balaban J connectivity index is 1.57. The minimum Gasteiger partial charge on any atom is -0.454 e. The molecule has 0 aromatic heterocycles. The molecule has 1 aromatic carbocycles. The van der Waals surface area contributed by atoms with E-state index in [0.29, 0.717) is 12.3 Å². The van der Waals surface area contributed by atoms with Crippen molar-refractivity contribution in [3.8, 4) is 11.5 Å². The maximum Gasteiger partial charge on any atom is 0.237 e. The van der Waals surface area contributed by atoms with Gasteiger partial charge in [0.2, 0.25) is 12.7 Å². The summed E-state index contributed by atoms with van der Waals surface area (Å²) in [5, 5.41) is 5.68. The van der Waals surface area contributed by atoms with E-state index in [1.54, 1.807) is 0 Å². The van der Waals surface area contributed by atoms with E-state index in [4.69, 9.17) is 9.47 Å². The fourth-order valence-corrected chi connectivity index (χ4v) is 2.16. The van der Waals surface area contributed by atoms with E-state index < -0.39 is 6.04 Å². The van der Waals surface area contributed by atoms with Gasteiger partial charge in [-0.25, -0.2) is 0 Å². The van der Waals surface area contributed by atoms with Gasteiger partial charge in [0.15, 0.2) is 11.5 Å². The number of carbonyl (C=O) groups excluding carboxylic acids is 2. The van der Waals surface area contributed by atoms with Crippen LogP contribution in [0.4, 0.5) is 0 Å². The molecule has 1 unspecified atom stereocenters. The molecule has 2 heterocycles. The number of ketones is 1. The Morgan fingerprint density at radius 2 is 2.21 bits per heavy atom. The number of amides is 1. The van der Waals surface area contributed by atoms with Crippen molar-refractivity contribution in [3.05, 3.63) is 23.8 Å². The van der Waals surface area contributed by atoms with Crippen LogP contribution in [-0.4, -0.2) is 31.1 Å². The highest BCUT2D eigenvalue weighted by Crippen LogP contribution is 2.32. The summed E-state index contributed by atoms with van der Waals surface area (Å²) in [5.74, 6) is 1.34. The zero-order valence-corrected chi connectivity index (χ0v) is 10.3. The molecule has 1 atom stereocenters. The molecule has 3 rings (SSSR count). The van der Waals surface area contributed by atoms with Gasteiger partial charge in [-0.05, 0) is 17.7 Å². The zero-order chi connectivity index (χ0) is 13.2. The molecule has 1 amide bonds. The summed E-state index contributed by atoms with van der Waals surface area (Å²) in [6, 6.07) is 5.14. The summed E-state index contributed by atoms with van der Waals surface area (Å²) in [4.78, 5) is 22.9. The number of rotatable bonds is 3. The first-order valence-corrected chi connectivity index (χ1v) is 6.14. The zero-order valence-electron chi connectivity index (χ0n) is 10.3. The molecule has 2 N–H and O–H groups in total. The Hall–Kier alpha value is -2.08. The molecule has 0 bridgehead atoms. The third-order valence-electron chi connectivity index (χ3n) is 3.20. The maximum absolute atomic E-state index is 11.8. The van der Waals surface area contributed by atoms with Crippen LogP contribution in [0.25, 0.3) is 0 Å². The average Bonchev–Trinajstić information content (AvgIpc) is 3.03. The first-order chi connectivity index (χ1) is 9.22. The lowest BCUT2D eigenvalue weighted by Crippen LogP contribution is -2.39. The second kappa shape index (κ2) is 4.89. The van der Waals surface area contributed by atoms with E-state index in [1.807, 2.05) is 18.2 Å². The molecule has 1 aromatic rings. The largest absolute Gasteiger partial charge is 0.454 e. The van der Waals surface area contributed by atoms with Crippen molar-refractivity contribution in [3.63, 3.8) is 0 Å². The molecule has 1 fully saturated rings. The molecular weight excluding hydrogens is 248 g/mol. The van der Waals surface area contributed by atoms with E-state index in [1.165, 1.54) is 0 Å². The lowest BCUT2D eigenvalue weighted by atomic mass is 10.1. The number of hydrogen-bond donors (Lipinski definition) is 2. The molecule has 6 nitrogen and oxygen atoms in total. The predicted molar refractivity (Wildman–Crippen MR) is 65.8 cm³/mol. The third kappa shape index (κ3) is 2.53. The molecule has 0 saturated carbocycles. The quantitative estimate of drug-likeness (QED) is 0.799. The van der Waals surface area contributed by atoms with Crippen LogP contribution in [0.15, 0.2) is 18.2 Å². The van der Waals surface area contributed by atoms with E-state index in [2.05, 4.69) is 10.6 Å². The van der Waals surface area contributed by atoms with Crippen molar-refractivity contribution in [2.75, 3.05) is 13.3 Å². The van der Waals surface area contributed by atoms with Crippen LogP contribution >= 0.6 is 0 Å². The van der Waals surface area contributed by atoms with Crippen molar-refractivity contribution >= 4 is 11.7 Å². The highest BCUT2D eigenvalue weighted by Gasteiger charge is 2.27. The van der Waals surface area contributed by atoms with Crippen LogP contribution in [0.1, 0.15) is 12.0 Å². The fraction of sp³-hybridized carbons (Fsp3) is 0.385. The number of fused-ring (bicyclic) bond motifs is 1. The molecule has 0 spiro atoms. The van der Waals surface area contributed by atoms with Gasteiger partial charge in [0.25, 0.3) is 0 Å². The summed E-state index contributed by atoms with van der Waals surface area (Å²) in [7, 11) is 0. The van der Waals surface area contributed by atoms with Gasteiger partial charge in [0.1, 0.15) is 5.78 Å².